The lowest BCUT2D eigenvalue weighted by Crippen LogP contribution is -2.47. The Morgan fingerprint density at radius 2 is 1.71 bits per heavy atom. The molecule has 0 spiro atoms. The number of aromatic nitrogens is 5. The molecule has 250 valence electrons. The highest BCUT2D eigenvalue weighted by atomic mass is 79.9. The van der Waals surface area contributed by atoms with Gasteiger partial charge in [0.15, 0.2) is 5.78 Å². The fourth-order valence-electron chi connectivity index (χ4n) is 7.17. The van der Waals surface area contributed by atoms with Gasteiger partial charge in [-0.2, -0.15) is 5.10 Å². The fourth-order valence-corrected chi connectivity index (χ4v) is 7.48. The third kappa shape index (κ3) is 6.38. The minimum absolute atomic E-state index is 0.0982. The van der Waals surface area contributed by atoms with Gasteiger partial charge in [-0.15, -0.1) is 0 Å². The van der Waals surface area contributed by atoms with Crippen LogP contribution in [0.4, 0.5) is 5.82 Å². The lowest BCUT2D eigenvalue weighted by Gasteiger charge is -2.27. The quantitative estimate of drug-likeness (QED) is 0.141. The van der Waals surface area contributed by atoms with Crippen molar-refractivity contribution in [2.45, 2.75) is 65.7 Å². The van der Waals surface area contributed by atoms with Crippen LogP contribution in [0.1, 0.15) is 52.8 Å². The monoisotopic (exact) mass is 720 g/mol. The molecule has 0 radical (unpaired) electrons. The van der Waals surface area contributed by atoms with Crippen LogP contribution in [0.5, 0.6) is 0 Å². The van der Waals surface area contributed by atoms with E-state index in [-0.39, 0.29) is 35.6 Å². The van der Waals surface area contributed by atoms with E-state index in [2.05, 4.69) is 58.7 Å². The van der Waals surface area contributed by atoms with E-state index in [1.165, 1.54) is 12.5 Å². The number of benzene rings is 2. The second-order valence-electron chi connectivity index (χ2n) is 13.3. The molecule has 3 aromatic heterocycles. The molecular weight excluding hydrogens is 684 g/mol. The third-order valence-corrected chi connectivity index (χ3v) is 10.2. The van der Waals surface area contributed by atoms with Crippen molar-refractivity contribution in [3.8, 4) is 11.1 Å². The largest absolute Gasteiger partial charge is 0.325 e. The molecule has 4 heterocycles. The zero-order valence-corrected chi connectivity index (χ0v) is 29.4. The fraction of sp³-hybridized carbons (Fsp3) is 0.324. The van der Waals surface area contributed by atoms with Crippen molar-refractivity contribution in [3.63, 3.8) is 0 Å². The molecule has 12 heteroatoms. The molecule has 2 fully saturated rings. The maximum Gasteiger partial charge on any atom is 0.248 e. The van der Waals surface area contributed by atoms with E-state index in [9.17, 15) is 14.4 Å². The van der Waals surface area contributed by atoms with Crippen LogP contribution in [0.3, 0.4) is 0 Å². The molecular formula is C37H37BrN8O3. The summed E-state index contributed by atoms with van der Waals surface area (Å²) in [7, 11) is 0. The van der Waals surface area contributed by atoms with Crippen LogP contribution in [0.25, 0.3) is 22.0 Å². The molecule has 7 rings (SSSR count). The Labute approximate surface area is 292 Å². The predicted octanol–water partition coefficient (Wildman–Crippen LogP) is 5.57. The van der Waals surface area contributed by atoms with Gasteiger partial charge in [0.1, 0.15) is 34.5 Å². The average Bonchev–Trinajstić information content (AvgIpc) is 3.47. The molecule has 2 aliphatic rings. The van der Waals surface area contributed by atoms with E-state index in [1.807, 2.05) is 63.2 Å². The molecule has 1 saturated carbocycles. The van der Waals surface area contributed by atoms with Gasteiger partial charge in [-0.3, -0.25) is 19.1 Å². The number of hydrogen-bond donors (Lipinski definition) is 2. The van der Waals surface area contributed by atoms with Crippen molar-refractivity contribution >= 4 is 50.2 Å². The van der Waals surface area contributed by atoms with Crippen LogP contribution in [0, 0.1) is 26.2 Å². The molecule has 2 aromatic carbocycles. The Balaban J connectivity index is 1.18. The Bertz CT molecular complexity index is 2100. The summed E-state index contributed by atoms with van der Waals surface area (Å²) in [4.78, 5) is 56.0. The highest BCUT2D eigenvalue weighted by molar-refractivity contribution is 9.10. The number of likely N-dealkylation sites (tertiary alicyclic amines) is 1. The number of piperidine rings is 1. The molecule has 2 amide bonds. The summed E-state index contributed by atoms with van der Waals surface area (Å²) in [5, 5.41) is 11.9. The maximum absolute atomic E-state index is 14.4. The minimum Gasteiger partial charge on any atom is -0.325 e. The molecule has 1 aliphatic carbocycles. The van der Waals surface area contributed by atoms with Gasteiger partial charge in [0.25, 0.3) is 0 Å². The Kier molecular flexibility index (Phi) is 8.62. The number of aryl methyl sites for hydroxylation is 3. The van der Waals surface area contributed by atoms with Gasteiger partial charge in [-0.05, 0) is 90.0 Å². The number of pyridine rings is 1. The van der Waals surface area contributed by atoms with Gasteiger partial charge in [-0.25, -0.2) is 15.0 Å². The number of nitrogens with zero attached hydrogens (tertiary/aromatic N) is 6. The minimum atomic E-state index is -0.687. The number of nitrogens with one attached hydrogen (secondary N) is 2. The van der Waals surface area contributed by atoms with Crippen molar-refractivity contribution in [2.75, 3.05) is 11.9 Å². The molecule has 49 heavy (non-hydrogen) atoms. The van der Waals surface area contributed by atoms with Gasteiger partial charge in [0.05, 0.1) is 5.52 Å². The number of rotatable bonds is 10. The molecule has 1 saturated heterocycles. The number of carbonyl (C=O) groups excluding carboxylic acids is 3. The van der Waals surface area contributed by atoms with Crippen LogP contribution in [0.2, 0.25) is 0 Å². The number of amides is 2. The van der Waals surface area contributed by atoms with Crippen molar-refractivity contribution in [1.29, 1.82) is 0 Å². The van der Waals surface area contributed by atoms with E-state index < -0.39 is 6.04 Å². The van der Waals surface area contributed by atoms with Crippen LogP contribution in [-0.2, 0) is 22.7 Å². The topological polar surface area (TPSA) is 135 Å². The SMILES string of the molecule is CC(=O)c1nn(CC(=O)N2C3C[C@]3(CNCc3ccccc3)C[C@H]2C(=O)Nc2nc(Br)ccc2C)c2c(C)cc(-c3cnc(C)nc3)cc12. The molecule has 1 aliphatic heterocycles. The number of carbonyl (C=O) groups is 3. The summed E-state index contributed by atoms with van der Waals surface area (Å²) in [6.07, 6.45) is 4.84. The summed E-state index contributed by atoms with van der Waals surface area (Å²) >= 11 is 3.40. The zero-order valence-electron chi connectivity index (χ0n) is 27.8. The summed E-state index contributed by atoms with van der Waals surface area (Å²) in [5.74, 6) is 0.432. The van der Waals surface area contributed by atoms with Gasteiger partial charge >= 0.3 is 0 Å². The Morgan fingerprint density at radius 1 is 0.959 bits per heavy atom. The number of halogens is 1. The summed E-state index contributed by atoms with van der Waals surface area (Å²) in [5.41, 5.74) is 5.31. The zero-order chi connectivity index (χ0) is 34.4. The Morgan fingerprint density at radius 3 is 2.45 bits per heavy atom. The molecule has 1 unspecified atom stereocenters. The first-order chi connectivity index (χ1) is 23.5. The second-order valence-corrected chi connectivity index (χ2v) is 14.1. The van der Waals surface area contributed by atoms with E-state index in [1.54, 1.807) is 22.0 Å². The highest BCUT2D eigenvalue weighted by Gasteiger charge is 2.66. The second kappa shape index (κ2) is 12.9. The first kappa shape index (κ1) is 32.7. The Hall–Kier alpha value is -4.81. The van der Waals surface area contributed by atoms with Crippen molar-refractivity contribution < 1.29 is 14.4 Å². The van der Waals surface area contributed by atoms with Gasteiger partial charge < -0.3 is 15.5 Å². The third-order valence-electron chi connectivity index (χ3n) is 9.73. The summed E-state index contributed by atoms with van der Waals surface area (Å²) < 4.78 is 2.22. The van der Waals surface area contributed by atoms with Gasteiger partial charge in [0.2, 0.25) is 11.8 Å². The maximum atomic E-state index is 14.4. The molecule has 11 nitrogen and oxygen atoms in total. The first-order valence-corrected chi connectivity index (χ1v) is 17.1. The van der Waals surface area contributed by atoms with E-state index in [4.69, 9.17) is 0 Å². The number of hydrogen-bond acceptors (Lipinski definition) is 8. The molecule has 3 atom stereocenters. The van der Waals surface area contributed by atoms with Crippen molar-refractivity contribution in [2.24, 2.45) is 5.41 Å². The van der Waals surface area contributed by atoms with Crippen LogP contribution in [-0.4, -0.2) is 65.9 Å². The van der Waals surface area contributed by atoms with Crippen LogP contribution in [0.15, 0.2) is 71.6 Å². The van der Waals surface area contributed by atoms with E-state index >= 15 is 0 Å². The summed E-state index contributed by atoms with van der Waals surface area (Å²) in [6.45, 7) is 8.39. The molecule has 5 aromatic rings. The summed E-state index contributed by atoms with van der Waals surface area (Å²) in [6, 6.07) is 17.0. The number of Topliss-reactive ketones (excluding diaryl/α,β-unsaturated/α-hetero) is 1. The van der Waals surface area contributed by atoms with Crippen LogP contribution >= 0.6 is 15.9 Å². The van der Waals surface area contributed by atoms with Crippen LogP contribution < -0.4 is 10.6 Å². The van der Waals surface area contributed by atoms with Gasteiger partial charge in [-0.1, -0.05) is 36.4 Å². The standard InChI is InChI=1S/C37H37BrN8O3/c1-21-10-11-31(38)42-35(21)43-36(49)29-14-37(20-39-16-25-8-6-5-7-9-25)15-30(37)46(29)32(48)19-45-34-22(2)12-26(27-17-40-24(4)41-18-27)13-28(34)33(44-45)23(3)47/h5-13,17-18,29-30,39H,14-16,19-20H2,1-4H3,(H,42,43,49)/t29-,30?,37-/m0/s1. The van der Waals surface area contributed by atoms with E-state index in [0.29, 0.717) is 52.4 Å². The van der Waals surface area contributed by atoms with Crippen molar-refractivity contribution in [3.05, 3.63) is 99.8 Å². The van der Waals surface area contributed by atoms with E-state index in [0.717, 1.165) is 28.7 Å². The number of anilines is 1. The smallest absolute Gasteiger partial charge is 0.248 e. The van der Waals surface area contributed by atoms with Crippen molar-refractivity contribution in [1.82, 2.24) is 34.9 Å². The highest BCUT2D eigenvalue weighted by Crippen LogP contribution is 2.59. The molecule has 0 bridgehead atoms. The number of fused-ring (bicyclic) bond motifs is 2. The average molecular weight is 722 g/mol. The van der Waals surface area contributed by atoms with Gasteiger partial charge in [0, 0.05) is 54.8 Å². The predicted molar refractivity (Wildman–Crippen MR) is 190 cm³/mol. The first-order valence-electron chi connectivity index (χ1n) is 16.3. The lowest BCUT2D eigenvalue weighted by atomic mass is 9.98. The molecule has 2 N–H and O–H groups in total. The number of ketones is 1. The lowest BCUT2D eigenvalue weighted by molar-refractivity contribution is -0.138. The normalized spacial score (nSPS) is 19.6.